The first-order valence-electron chi connectivity index (χ1n) is 8.28. The summed E-state index contributed by atoms with van der Waals surface area (Å²) in [6.07, 6.45) is 10.8. The Balaban J connectivity index is 1.62. The number of hydrogen-bond acceptors (Lipinski definition) is 3. The molecule has 2 fully saturated rings. The van der Waals surface area contributed by atoms with Crippen LogP contribution in [0.25, 0.3) is 0 Å². The third-order valence-electron chi connectivity index (χ3n) is 4.79. The highest BCUT2D eigenvalue weighted by molar-refractivity contribution is 5.94. The van der Waals surface area contributed by atoms with Crippen molar-refractivity contribution in [2.75, 3.05) is 26.2 Å². The van der Waals surface area contributed by atoms with Crippen LogP contribution in [0.15, 0.2) is 24.5 Å². The number of carbonyl (C=O) groups is 1. The van der Waals surface area contributed by atoms with Gasteiger partial charge in [-0.3, -0.25) is 9.78 Å². The summed E-state index contributed by atoms with van der Waals surface area (Å²) in [5.74, 6) is 0.184. The summed E-state index contributed by atoms with van der Waals surface area (Å²) in [7, 11) is 0. The van der Waals surface area contributed by atoms with E-state index in [1.54, 1.807) is 12.4 Å². The van der Waals surface area contributed by atoms with Crippen molar-refractivity contribution in [2.45, 2.75) is 44.6 Å². The number of amides is 1. The lowest BCUT2D eigenvalue weighted by molar-refractivity contribution is 0.0588. The minimum Gasteiger partial charge on any atom is -0.336 e. The van der Waals surface area contributed by atoms with Crippen molar-refractivity contribution in [3.63, 3.8) is 0 Å². The highest BCUT2D eigenvalue weighted by atomic mass is 16.2. The molecule has 4 heteroatoms. The first kappa shape index (κ1) is 14.5. The number of pyridine rings is 1. The summed E-state index contributed by atoms with van der Waals surface area (Å²) in [5.41, 5.74) is 0.776. The van der Waals surface area contributed by atoms with Crippen molar-refractivity contribution in [1.29, 1.82) is 0 Å². The maximum Gasteiger partial charge on any atom is 0.254 e. The molecule has 0 N–H and O–H groups in total. The topological polar surface area (TPSA) is 36.4 Å². The first-order valence-corrected chi connectivity index (χ1v) is 8.28. The molecule has 21 heavy (non-hydrogen) atoms. The molecule has 0 aromatic carbocycles. The third-order valence-corrected chi connectivity index (χ3v) is 4.79. The maximum atomic E-state index is 12.7. The molecule has 0 radical (unpaired) electrons. The Morgan fingerprint density at radius 1 is 1.10 bits per heavy atom. The molecule has 2 aliphatic heterocycles. The van der Waals surface area contributed by atoms with Crippen LogP contribution in [-0.4, -0.2) is 52.9 Å². The molecule has 3 heterocycles. The molecule has 1 amide bonds. The zero-order valence-electron chi connectivity index (χ0n) is 12.7. The number of aromatic nitrogens is 1. The average molecular weight is 287 g/mol. The van der Waals surface area contributed by atoms with E-state index in [1.165, 1.54) is 32.4 Å². The van der Waals surface area contributed by atoms with Gasteiger partial charge in [-0.1, -0.05) is 0 Å². The molecule has 0 saturated carbocycles. The van der Waals surface area contributed by atoms with E-state index in [-0.39, 0.29) is 5.91 Å². The van der Waals surface area contributed by atoms with Gasteiger partial charge in [-0.25, -0.2) is 0 Å². The minimum atomic E-state index is 0.184. The standard InChI is InChI=1S/C17H25N3O/c21-17(15-6-9-18-10-7-15)20-13-2-1-5-16(20)8-14-19-11-3-4-12-19/h6-7,9-10,16H,1-5,8,11-14H2. The van der Waals surface area contributed by atoms with Gasteiger partial charge in [0.2, 0.25) is 0 Å². The summed E-state index contributed by atoms with van der Waals surface area (Å²) in [4.78, 5) is 21.3. The van der Waals surface area contributed by atoms with Crippen LogP contribution in [0.5, 0.6) is 0 Å². The van der Waals surface area contributed by atoms with E-state index >= 15 is 0 Å². The van der Waals surface area contributed by atoms with Crippen LogP contribution in [0, 0.1) is 0 Å². The van der Waals surface area contributed by atoms with Crippen molar-refractivity contribution in [3.8, 4) is 0 Å². The van der Waals surface area contributed by atoms with Crippen LogP contribution in [0.4, 0.5) is 0 Å². The average Bonchev–Trinajstić information content (AvgIpc) is 3.07. The lowest BCUT2D eigenvalue weighted by Gasteiger charge is -2.36. The van der Waals surface area contributed by atoms with Crippen molar-refractivity contribution in [1.82, 2.24) is 14.8 Å². The number of rotatable bonds is 4. The number of nitrogens with zero attached hydrogens (tertiary/aromatic N) is 3. The monoisotopic (exact) mass is 287 g/mol. The molecule has 0 aliphatic carbocycles. The molecule has 1 aromatic rings. The minimum absolute atomic E-state index is 0.184. The van der Waals surface area contributed by atoms with Crippen LogP contribution in [0.2, 0.25) is 0 Å². The van der Waals surface area contributed by atoms with Gasteiger partial charge in [-0.2, -0.15) is 0 Å². The van der Waals surface area contributed by atoms with E-state index in [0.29, 0.717) is 6.04 Å². The summed E-state index contributed by atoms with van der Waals surface area (Å²) < 4.78 is 0. The number of likely N-dealkylation sites (tertiary alicyclic amines) is 2. The fourth-order valence-corrected chi connectivity index (χ4v) is 3.57. The smallest absolute Gasteiger partial charge is 0.254 e. The number of carbonyl (C=O) groups excluding carboxylic acids is 1. The fraction of sp³-hybridized carbons (Fsp3) is 0.647. The normalized spacial score (nSPS) is 23.4. The van der Waals surface area contributed by atoms with Gasteiger partial charge >= 0.3 is 0 Å². The van der Waals surface area contributed by atoms with Crippen LogP contribution >= 0.6 is 0 Å². The maximum absolute atomic E-state index is 12.7. The molecule has 1 aromatic heterocycles. The van der Waals surface area contributed by atoms with Gasteiger partial charge in [-0.05, 0) is 63.7 Å². The van der Waals surface area contributed by atoms with E-state index < -0.39 is 0 Å². The van der Waals surface area contributed by atoms with Crippen LogP contribution < -0.4 is 0 Å². The Morgan fingerprint density at radius 2 is 1.81 bits per heavy atom. The summed E-state index contributed by atoms with van der Waals surface area (Å²) in [6, 6.07) is 4.07. The van der Waals surface area contributed by atoms with Gasteiger partial charge in [0.1, 0.15) is 0 Å². The predicted octanol–water partition coefficient (Wildman–Crippen LogP) is 2.56. The fourth-order valence-electron chi connectivity index (χ4n) is 3.57. The summed E-state index contributed by atoms with van der Waals surface area (Å²) in [5, 5.41) is 0. The van der Waals surface area contributed by atoms with Gasteiger partial charge < -0.3 is 9.80 Å². The summed E-state index contributed by atoms with van der Waals surface area (Å²) >= 11 is 0. The quantitative estimate of drug-likeness (QED) is 0.854. The molecule has 0 bridgehead atoms. The molecule has 0 spiro atoms. The van der Waals surface area contributed by atoms with E-state index in [9.17, 15) is 4.79 Å². The molecule has 4 nitrogen and oxygen atoms in total. The van der Waals surface area contributed by atoms with Gasteiger partial charge in [0.05, 0.1) is 0 Å². The predicted molar refractivity (Wildman–Crippen MR) is 83.2 cm³/mol. The molecule has 1 atom stereocenters. The number of piperidine rings is 1. The molecule has 1 unspecified atom stereocenters. The Labute approximate surface area is 127 Å². The third kappa shape index (κ3) is 3.62. The molecule has 114 valence electrons. The van der Waals surface area contributed by atoms with Crippen LogP contribution in [-0.2, 0) is 0 Å². The first-order chi connectivity index (χ1) is 10.3. The van der Waals surface area contributed by atoms with E-state index in [4.69, 9.17) is 0 Å². The zero-order valence-corrected chi connectivity index (χ0v) is 12.7. The Hall–Kier alpha value is -1.42. The zero-order chi connectivity index (χ0) is 14.5. The van der Waals surface area contributed by atoms with Crippen LogP contribution in [0.1, 0.15) is 48.9 Å². The van der Waals surface area contributed by atoms with Gasteiger partial charge in [0, 0.05) is 37.1 Å². The summed E-state index contributed by atoms with van der Waals surface area (Å²) in [6.45, 7) is 4.53. The second-order valence-corrected chi connectivity index (χ2v) is 6.22. The Kier molecular flexibility index (Phi) is 4.86. The van der Waals surface area contributed by atoms with Crippen molar-refractivity contribution < 1.29 is 4.79 Å². The lowest BCUT2D eigenvalue weighted by Crippen LogP contribution is -2.45. The molecule has 2 saturated heterocycles. The van der Waals surface area contributed by atoms with E-state index in [0.717, 1.165) is 37.9 Å². The van der Waals surface area contributed by atoms with Crippen molar-refractivity contribution in [2.24, 2.45) is 0 Å². The molecular formula is C17H25N3O. The number of hydrogen-bond donors (Lipinski definition) is 0. The second-order valence-electron chi connectivity index (χ2n) is 6.22. The molecular weight excluding hydrogens is 262 g/mol. The highest BCUT2D eigenvalue weighted by Gasteiger charge is 2.27. The van der Waals surface area contributed by atoms with E-state index in [1.807, 2.05) is 12.1 Å². The van der Waals surface area contributed by atoms with Gasteiger partial charge in [0.25, 0.3) is 5.91 Å². The van der Waals surface area contributed by atoms with Crippen molar-refractivity contribution >= 4 is 5.91 Å². The van der Waals surface area contributed by atoms with Crippen LogP contribution in [0.3, 0.4) is 0 Å². The largest absolute Gasteiger partial charge is 0.336 e. The van der Waals surface area contributed by atoms with Gasteiger partial charge in [0.15, 0.2) is 0 Å². The van der Waals surface area contributed by atoms with Gasteiger partial charge in [-0.15, -0.1) is 0 Å². The second kappa shape index (κ2) is 7.03. The molecule has 3 rings (SSSR count). The Bertz CT molecular complexity index is 456. The Morgan fingerprint density at radius 3 is 2.57 bits per heavy atom. The van der Waals surface area contributed by atoms with Crippen molar-refractivity contribution in [3.05, 3.63) is 30.1 Å². The molecule has 2 aliphatic rings. The van der Waals surface area contributed by atoms with E-state index in [2.05, 4.69) is 14.8 Å². The lowest BCUT2D eigenvalue weighted by atomic mass is 9.98. The highest BCUT2D eigenvalue weighted by Crippen LogP contribution is 2.23. The SMILES string of the molecule is O=C(c1ccncc1)N1CCCCC1CCN1CCCC1.